The monoisotopic (exact) mass is 501 g/mol. The molecule has 0 bridgehead atoms. The zero-order chi connectivity index (χ0) is 25.9. The van der Waals surface area contributed by atoms with Crippen molar-refractivity contribution < 1.29 is 27.4 Å². The number of unbranched alkanes of at least 4 members (excludes halogenated alkanes) is 5. The number of nitrogens with zero attached hydrogens (tertiary/aromatic N) is 1. The van der Waals surface area contributed by atoms with Gasteiger partial charge in [0.1, 0.15) is 40.6 Å². The van der Waals surface area contributed by atoms with Gasteiger partial charge in [0.25, 0.3) is 0 Å². The van der Waals surface area contributed by atoms with Crippen molar-refractivity contribution in [2.75, 3.05) is 6.61 Å². The number of carbonyl (C=O) groups is 1. The van der Waals surface area contributed by atoms with Crippen LogP contribution >= 0.6 is 0 Å². The zero-order valence-electron chi connectivity index (χ0n) is 20.8. The molecule has 0 spiro atoms. The minimum absolute atomic E-state index is 0.314. The van der Waals surface area contributed by atoms with E-state index in [1.54, 1.807) is 0 Å². The van der Waals surface area contributed by atoms with Crippen molar-refractivity contribution in [2.24, 2.45) is 11.8 Å². The molecule has 2 aromatic rings. The lowest BCUT2D eigenvalue weighted by atomic mass is 9.80. The number of nitriles is 1. The standard InChI is InChI=1S/C29H34F3NO3/c1-2-3-4-5-6-7-8-20-9-11-21(12-10-20)19-35-22-13-14-24(26(30)15-22)29(34)36-23-16-27(31)25(18-33)28(32)17-23/h13-17,20-21H,2-12,19H2,1H3/t20-,21-. The van der Waals surface area contributed by atoms with E-state index in [-0.39, 0.29) is 5.56 Å². The van der Waals surface area contributed by atoms with Gasteiger partial charge in [0, 0.05) is 18.2 Å². The third-order valence-electron chi connectivity index (χ3n) is 6.92. The van der Waals surface area contributed by atoms with E-state index < -0.39 is 34.7 Å². The molecular formula is C29H34F3NO3. The molecule has 2 aromatic carbocycles. The zero-order valence-corrected chi connectivity index (χ0v) is 20.8. The van der Waals surface area contributed by atoms with Crippen LogP contribution in [-0.2, 0) is 0 Å². The Morgan fingerprint density at radius 3 is 2.14 bits per heavy atom. The molecular weight excluding hydrogens is 467 g/mol. The lowest BCUT2D eigenvalue weighted by Gasteiger charge is -2.28. The summed E-state index contributed by atoms with van der Waals surface area (Å²) in [6.07, 6.45) is 13.9. The van der Waals surface area contributed by atoms with Crippen LogP contribution in [0.15, 0.2) is 30.3 Å². The van der Waals surface area contributed by atoms with E-state index in [4.69, 9.17) is 14.7 Å². The molecule has 7 heteroatoms. The van der Waals surface area contributed by atoms with Crippen molar-refractivity contribution in [3.63, 3.8) is 0 Å². The van der Waals surface area contributed by atoms with Gasteiger partial charge in [-0.15, -0.1) is 0 Å². The van der Waals surface area contributed by atoms with Gasteiger partial charge in [0.05, 0.1) is 12.2 Å². The number of hydrogen-bond acceptors (Lipinski definition) is 4. The van der Waals surface area contributed by atoms with Gasteiger partial charge < -0.3 is 9.47 Å². The van der Waals surface area contributed by atoms with Crippen LogP contribution in [0.4, 0.5) is 13.2 Å². The molecule has 0 atom stereocenters. The van der Waals surface area contributed by atoms with E-state index in [9.17, 15) is 18.0 Å². The highest BCUT2D eigenvalue weighted by Gasteiger charge is 2.22. The maximum absolute atomic E-state index is 14.5. The van der Waals surface area contributed by atoms with Crippen molar-refractivity contribution in [1.29, 1.82) is 5.26 Å². The van der Waals surface area contributed by atoms with E-state index in [2.05, 4.69) is 6.92 Å². The first-order valence-corrected chi connectivity index (χ1v) is 12.9. The first-order valence-electron chi connectivity index (χ1n) is 12.9. The highest BCUT2D eigenvalue weighted by Crippen LogP contribution is 2.33. The Morgan fingerprint density at radius 2 is 1.50 bits per heavy atom. The van der Waals surface area contributed by atoms with Crippen molar-refractivity contribution in [1.82, 2.24) is 0 Å². The molecule has 0 heterocycles. The molecule has 0 aromatic heterocycles. The van der Waals surface area contributed by atoms with E-state index >= 15 is 0 Å². The summed E-state index contributed by atoms with van der Waals surface area (Å²) in [7, 11) is 0. The summed E-state index contributed by atoms with van der Waals surface area (Å²) in [4.78, 5) is 12.3. The van der Waals surface area contributed by atoms with E-state index in [1.807, 2.05) is 0 Å². The van der Waals surface area contributed by atoms with Gasteiger partial charge in [-0.05, 0) is 36.8 Å². The summed E-state index contributed by atoms with van der Waals surface area (Å²) in [6.45, 7) is 2.73. The summed E-state index contributed by atoms with van der Waals surface area (Å²) in [5.41, 5.74) is -1.17. The first kappa shape index (κ1) is 27.6. The SMILES string of the molecule is CCCCCCCC[C@H]1CC[C@H](COc2ccc(C(=O)Oc3cc(F)c(C#N)c(F)c3)c(F)c2)CC1. The van der Waals surface area contributed by atoms with Crippen LogP contribution in [0.5, 0.6) is 11.5 Å². The maximum Gasteiger partial charge on any atom is 0.346 e. The normalized spacial score (nSPS) is 17.4. The first-order chi connectivity index (χ1) is 17.4. The number of rotatable bonds is 12. The van der Waals surface area contributed by atoms with Crippen molar-refractivity contribution >= 4 is 5.97 Å². The Balaban J connectivity index is 1.43. The summed E-state index contributed by atoms with van der Waals surface area (Å²) >= 11 is 0. The van der Waals surface area contributed by atoms with Crippen LogP contribution in [0.25, 0.3) is 0 Å². The molecule has 3 rings (SSSR count). The Bertz CT molecular complexity index is 1040. The second-order valence-electron chi connectivity index (χ2n) is 9.66. The maximum atomic E-state index is 14.5. The van der Waals surface area contributed by atoms with Crippen LogP contribution in [0, 0.1) is 40.6 Å². The van der Waals surface area contributed by atoms with Gasteiger partial charge in [-0.25, -0.2) is 18.0 Å². The fourth-order valence-corrected chi connectivity index (χ4v) is 4.74. The van der Waals surface area contributed by atoms with E-state index in [0.29, 0.717) is 30.4 Å². The van der Waals surface area contributed by atoms with Gasteiger partial charge >= 0.3 is 5.97 Å². The lowest BCUT2D eigenvalue weighted by molar-refractivity contribution is 0.0729. The minimum atomic E-state index is -1.17. The fourth-order valence-electron chi connectivity index (χ4n) is 4.74. The molecule has 0 radical (unpaired) electrons. The number of ether oxygens (including phenoxy) is 2. The minimum Gasteiger partial charge on any atom is -0.493 e. The molecule has 0 amide bonds. The Kier molecular flexibility index (Phi) is 10.7. The topological polar surface area (TPSA) is 59.3 Å². The number of hydrogen-bond donors (Lipinski definition) is 0. The molecule has 36 heavy (non-hydrogen) atoms. The number of carbonyl (C=O) groups excluding carboxylic acids is 1. The lowest BCUT2D eigenvalue weighted by Crippen LogP contribution is -2.20. The van der Waals surface area contributed by atoms with Crippen LogP contribution in [0.3, 0.4) is 0 Å². The highest BCUT2D eigenvalue weighted by molar-refractivity contribution is 5.91. The van der Waals surface area contributed by atoms with E-state index in [1.165, 1.54) is 76.0 Å². The van der Waals surface area contributed by atoms with Gasteiger partial charge in [-0.1, -0.05) is 64.7 Å². The molecule has 0 saturated heterocycles. The Labute approximate surface area is 211 Å². The second kappa shape index (κ2) is 13.9. The molecule has 4 nitrogen and oxygen atoms in total. The highest BCUT2D eigenvalue weighted by atomic mass is 19.1. The molecule has 1 fully saturated rings. The smallest absolute Gasteiger partial charge is 0.346 e. The summed E-state index contributed by atoms with van der Waals surface area (Å²) in [6, 6.07) is 6.60. The summed E-state index contributed by atoms with van der Waals surface area (Å²) < 4.78 is 52.7. The molecule has 1 aliphatic rings. The van der Waals surface area contributed by atoms with Crippen LogP contribution in [0.2, 0.25) is 0 Å². The Morgan fingerprint density at radius 1 is 0.889 bits per heavy atom. The van der Waals surface area contributed by atoms with Crippen LogP contribution < -0.4 is 9.47 Å². The van der Waals surface area contributed by atoms with Crippen molar-refractivity contribution in [2.45, 2.75) is 77.6 Å². The second-order valence-corrected chi connectivity index (χ2v) is 9.66. The van der Waals surface area contributed by atoms with Crippen molar-refractivity contribution in [3.05, 3.63) is 58.9 Å². The Hall–Kier alpha value is -3.01. The van der Waals surface area contributed by atoms with Crippen LogP contribution in [0.1, 0.15) is 93.5 Å². The molecule has 1 aliphatic carbocycles. The van der Waals surface area contributed by atoms with Gasteiger partial charge in [-0.2, -0.15) is 5.26 Å². The quantitative estimate of drug-likeness (QED) is 0.167. The third kappa shape index (κ3) is 8.01. The molecule has 0 N–H and O–H groups in total. The molecule has 194 valence electrons. The predicted octanol–water partition coefficient (Wildman–Crippen LogP) is 8.13. The fraction of sp³-hybridized carbons (Fsp3) is 0.517. The number of halogens is 3. The van der Waals surface area contributed by atoms with Gasteiger partial charge in [-0.3, -0.25) is 0 Å². The summed E-state index contributed by atoms with van der Waals surface area (Å²) in [5.74, 6) is -3.20. The third-order valence-corrected chi connectivity index (χ3v) is 6.92. The van der Waals surface area contributed by atoms with Gasteiger partial charge in [0.2, 0.25) is 0 Å². The average molecular weight is 502 g/mol. The van der Waals surface area contributed by atoms with E-state index in [0.717, 1.165) is 24.8 Å². The number of benzene rings is 2. The molecule has 0 unspecified atom stereocenters. The molecule has 0 aliphatic heterocycles. The number of esters is 1. The molecule has 1 saturated carbocycles. The average Bonchev–Trinajstić information content (AvgIpc) is 2.85. The van der Waals surface area contributed by atoms with Gasteiger partial charge in [0.15, 0.2) is 0 Å². The summed E-state index contributed by atoms with van der Waals surface area (Å²) in [5, 5.41) is 8.71. The van der Waals surface area contributed by atoms with Crippen molar-refractivity contribution in [3.8, 4) is 17.6 Å². The largest absolute Gasteiger partial charge is 0.493 e. The van der Waals surface area contributed by atoms with Crippen LogP contribution in [-0.4, -0.2) is 12.6 Å². The predicted molar refractivity (Wildman–Crippen MR) is 131 cm³/mol.